The van der Waals surface area contributed by atoms with E-state index in [1.54, 1.807) is 29.2 Å². The summed E-state index contributed by atoms with van der Waals surface area (Å²) in [5.74, 6) is -2.81. The zero-order chi connectivity index (χ0) is 18.7. The molecule has 5 nitrogen and oxygen atoms in total. The highest BCUT2D eigenvalue weighted by Crippen LogP contribution is 2.24. The molecular weight excluding hydrogens is 344 g/mol. The van der Waals surface area contributed by atoms with Gasteiger partial charge in [0.2, 0.25) is 0 Å². The van der Waals surface area contributed by atoms with Crippen molar-refractivity contribution in [3.05, 3.63) is 59.7 Å². The molecule has 0 aliphatic carbocycles. The van der Waals surface area contributed by atoms with Crippen LogP contribution in [-0.2, 0) is 4.79 Å². The molecule has 1 aliphatic heterocycles. The molecule has 1 saturated heterocycles. The number of nitrogens with zero attached hydrogens (tertiary/aromatic N) is 1. The van der Waals surface area contributed by atoms with Crippen LogP contribution >= 0.6 is 0 Å². The van der Waals surface area contributed by atoms with Crippen LogP contribution in [0.4, 0.5) is 8.78 Å². The summed E-state index contributed by atoms with van der Waals surface area (Å²) >= 11 is 0. The van der Waals surface area contributed by atoms with Crippen molar-refractivity contribution in [3.8, 4) is 11.5 Å². The number of carbonyl (C=O) groups is 2. The fourth-order valence-electron chi connectivity index (χ4n) is 2.85. The first kappa shape index (κ1) is 17.8. The predicted molar refractivity (Wildman–Crippen MR) is 89.1 cm³/mol. The zero-order valence-electron chi connectivity index (χ0n) is 13.8. The molecular formula is C19H17F2NO4. The van der Waals surface area contributed by atoms with Crippen LogP contribution in [0.25, 0.3) is 0 Å². The number of ether oxygens (including phenoxy) is 1. The van der Waals surface area contributed by atoms with E-state index >= 15 is 0 Å². The van der Waals surface area contributed by atoms with E-state index in [9.17, 15) is 18.4 Å². The molecule has 3 rings (SSSR count). The molecule has 0 saturated carbocycles. The van der Waals surface area contributed by atoms with Crippen LogP contribution in [0.15, 0.2) is 42.5 Å². The Kier molecular flexibility index (Phi) is 5.16. The van der Waals surface area contributed by atoms with Gasteiger partial charge in [-0.15, -0.1) is 0 Å². The standard InChI is InChI=1S/C19H17F2NO4/c20-16-6-5-15(11-17(16)21)26-14-3-1-12(2-4-14)18(23)22-9-7-13(8-10-22)19(24)25/h1-6,11,13H,7-10H2,(H,24,25). The molecule has 1 fully saturated rings. The SMILES string of the molecule is O=C(O)C1CCN(C(=O)c2ccc(Oc3ccc(F)c(F)c3)cc2)CC1. The second kappa shape index (κ2) is 7.51. The minimum atomic E-state index is -1.00. The van der Waals surface area contributed by atoms with E-state index in [1.165, 1.54) is 6.07 Å². The van der Waals surface area contributed by atoms with Gasteiger partial charge in [-0.25, -0.2) is 8.78 Å². The molecule has 2 aromatic rings. The molecule has 0 bridgehead atoms. The fraction of sp³-hybridized carbons (Fsp3) is 0.263. The summed E-state index contributed by atoms with van der Waals surface area (Å²) in [4.78, 5) is 25.1. The highest BCUT2D eigenvalue weighted by molar-refractivity contribution is 5.94. The quantitative estimate of drug-likeness (QED) is 0.902. The van der Waals surface area contributed by atoms with Gasteiger partial charge in [-0.3, -0.25) is 9.59 Å². The highest BCUT2D eigenvalue weighted by Gasteiger charge is 2.27. The van der Waals surface area contributed by atoms with Gasteiger partial charge in [0.25, 0.3) is 5.91 Å². The summed E-state index contributed by atoms with van der Waals surface area (Å²) < 4.78 is 31.6. The number of carbonyl (C=O) groups excluding carboxylic acids is 1. The molecule has 2 aromatic carbocycles. The first-order valence-corrected chi connectivity index (χ1v) is 8.19. The van der Waals surface area contributed by atoms with Crippen molar-refractivity contribution in [1.82, 2.24) is 4.90 Å². The predicted octanol–water partition coefficient (Wildman–Crippen LogP) is 3.69. The van der Waals surface area contributed by atoms with Crippen molar-refractivity contribution in [2.75, 3.05) is 13.1 Å². The van der Waals surface area contributed by atoms with Gasteiger partial charge in [0.15, 0.2) is 11.6 Å². The fourth-order valence-corrected chi connectivity index (χ4v) is 2.85. The van der Waals surface area contributed by atoms with Crippen LogP contribution in [-0.4, -0.2) is 35.0 Å². The number of benzene rings is 2. The molecule has 0 unspecified atom stereocenters. The topological polar surface area (TPSA) is 66.8 Å². The van der Waals surface area contributed by atoms with Crippen molar-refractivity contribution in [2.24, 2.45) is 5.92 Å². The number of aliphatic carboxylic acids is 1. The highest BCUT2D eigenvalue weighted by atomic mass is 19.2. The third-order valence-corrected chi connectivity index (χ3v) is 4.36. The minimum absolute atomic E-state index is 0.152. The van der Waals surface area contributed by atoms with Crippen molar-refractivity contribution in [1.29, 1.82) is 0 Å². The molecule has 0 spiro atoms. The van der Waals surface area contributed by atoms with Gasteiger partial charge in [-0.05, 0) is 49.2 Å². The van der Waals surface area contributed by atoms with E-state index in [0.717, 1.165) is 12.1 Å². The lowest BCUT2D eigenvalue weighted by Gasteiger charge is -2.30. The molecule has 0 aromatic heterocycles. The number of carboxylic acids is 1. The van der Waals surface area contributed by atoms with Gasteiger partial charge in [-0.2, -0.15) is 0 Å². The lowest BCUT2D eigenvalue weighted by Crippen LogP contribution is -2.40. The maximum atomic E-state index is 13.2. The first-order chi connectivity index (χ1) is 12.4. The Morgan fingerprint density at radius 2 is 1.58 bits per heavy atom. The summed E-state index contributed by atoms with van der Waals surface area (Å²) in [6.07, 6.45) is 0.886. The number of hydrogen-bond acceptors (Lipinski definition) is 3. The Hall–Kier alpha value is -2.96. The van der Waals surface area contributed by atoms with Crippen LogP contribution in [0.5, 0.6) is 11.5 Å². The third-order valence-electron chi connectivity index (χ3n) is 4.36. The average molecular weight is 361 g/mol. The number of halogens is 2. The van der Waals surface area contributed by atoms with Crippen LogP contribution in [0.1, 0.15) is 23.2 Å². The van der Waals surface area contributed by atoms with E-state index in [1.807, 2.05) is 0 Å². The largest absolute Gasteiger partial charge is 0.481 e. The molecule has 1 aliphatic rings. The molecule has 0 radical (unpaired) electrons. The Labute approximate surface area is 148 Å². The molecule has 136 valence electrons. The van der Waals surface area contributed by atoms with Gasteiger partial charge >= 0.3 is 5.97 Å². The zero-order valence-corrected chi connectivity index (χ0v) is 13.8. The lowest BCUT2D eigenvalue weighted by molar-refractivity contribution is -0.143. The number of piperidine rings is 1. The van der Waals surface area contributed by atoms with E-state index < -0.39 is 23.5 Å². The maximum Gasteiger partial charge on any atom is 0.306 e. The second-order valence-corrected chi connectivity index (χ2v) is 6.11. The van der Waals surface area contributed by atoms with Gasteiger partial charge in [0.1, 0.15) is 11.5 Å². The average Bonchev–Trinajstić information content (AvgIpc) is 2.65. The number of carboxylic acid groups (broad SMARTS) is 1. The maximum absolute atomic E-state index is 13.2. The summed E-state index contributed by atoms with van der Waals surface area (Å²) in [6.45, 7) is 0.811. The monoisotopic (exact) mass is 361 g/mol. The van der Waals surface area contributed by atoms with Crippen LogP contribution in [0.3, 0.4) is 0 Å². The normalized spacial score (nSPS) is 14.9. The van der Waals surface area contributed by atoms with Crippen LogP contribution in [0, 0.1) is 17.6 Å². The van der Waals surface area contributed by atoms with Gasteiger partial charge in [-0.1, -0.05) is 0 Å². The van der Waals surface area contributed by atoms with Crippen LogP contribution < -0.4 is 4.74 Å². The number of hydrogen-bond donors (Lipinski definition) is 1. The molecule has 0 atom stereocenters. The Bertz CT molecular complexity index is 815. The Morgan fingerprint density at radius 3 is 2.15 bits per heavy atom. The van der Waals surface area contributed by atoms with Crippen molar-refractivity contribution < 1.29 is 28.2 Å². The molecule has 1 amide bonds. The van der Waals surface area contributed by atoms with Crippen LogP contribution in [0.2, 0.25) is 0 Å². The van der Waals surface area contributed by atoms with E-state index in [2.05, 4.69) is 0 Å². The van der Waals surface area contributed by atoms with Crippen molar-refractivity contribution in [3.63, 3.8) is 0 Å². The van der Waals surface area contributed by atoms with Crippen molar-refractivity contribution >= 4 is 11.9 Å². The number of likely N-dealkylation sites (tertiary alicyclic amines) is 1. The lowest BCUT2D eigenvalue weighted by atomic mass is 9.96. The van der Waals surface area contributed by atoms with E-state index in [-0.39, 0.29) is 11.7 Å². The van der Waals surface area contributed by atoms with Gasteiger partial charge in [0, 0.05) is 24.7 Å². The van der Waals surface area contributed by atoms with E-state index in [0.29, 0.717) is 37.2 Å². The molecule has 7 heteroatoms. The van der Waals surface area contributed by atoms with Gasteiger partial charge < -0.3 is 14.7 Å². The summed E-state index contributed by atoms with van der Waals surface area (Å²) in [7, 11) is 0. The summed E-state index contributed by atoms with van der Waals surface area (Å²) in [5.41, 5.74) is 0.455. The number of amides is 1. The summed E-state index contributed by atoms with van der Waals surface area (Å²) in [6, 6.07) is 9.53. The molecule has 1 heterocycles. The van der Waals surface area contributed by atoms with E-state index in [4.69, 9.17) is 9.84 Å². The second-order valence-electron chi connectivity index (χ2n) is 6.11. The summed E-state index contributed by atoms with van der Waals surface area (Å²) in [5, 5.41) is 9.00. The Morgan fingerprint density at radius 1 is 0.962 bits per heavy atom. The number of rotatable bonds is 4. The third kappa shape index (κ3) is 3.99. The smallest absolute Gasteiger partial charge is 0.306 e. The van der Waals surface area contributed by atoms with Crippen molar-refractivity contribution in [2.45, 2.75) is 12.8 Å². The molecule has 1 N–H and O–H groups in total. The molecule has 26 heavy (non-hydrogen) atoms. The Balaban J connectivity index is 1.63. The first-order valence-electron chi connectivity index (χ1n) is 8.19. The minimum Gasteiger partial charge on any atom is -0.481 e. The van der Waals surface area contributed by atoms with Gasteiger partial charge in [0.05, 0.1) is 5.92 Å².